The van der Waals surface area contributed by atoms with Crippen LogP contribution in [0.4, 0.5) is 10.5 Å². The maximum Gasteiger partial charge on any atom is 0.319 e. The van der Waals surface area contributed by atoms with E-state index in [9.17, 15) is 4.79 Å². The maximum absolute atomic E-state index is 12.4. The number of urea groups is 1. The summed E-state index contributed by atoms with van der Waals surface area (Å²) in [7, 11) is 0. The van der Waals surface area contributed by atoms with Crippen molar-refractivity contribution < 1.29 is 14.3 Å². The first-order valence-electron chi connectivity index (χ1n) is 8.75. The molecule has 0 aromatic heterocycles. The molecule has 0 radical (unpaired) electrons. The van der Waals surface area contributed by atoms with Crippen molar-refractivity contribution in [2.45, 2.75) is 59.3 Å². The molecule has 0 bridgehead atoms. The van der Waals surface area contributed by atoms with Crippen molar-refractivity contribution >= 4 is 11.7 Å². The molecule has 3 rings (SSSR count). The van der Waals surface area contributed by atoms with Crippen LogP contribution < -0.4 is 15.4 Å². The van der Waals surface area contributed by atoms with Crippen LogP contribution in [0.3, 0.4) is 0 Å². The van der Waals surface area contributed by atoms with Gasteiger partial charge >= 0.3 is 6.03 Å². The van der Waals surface area contributed by atoms with E-state index in [0.29, 0.717) is 5.92 Å². The van der Waals surface area contributed by atoms with Crippen LogP contribution >= 0.6 is 0 Å². The summed E-state index contributed by atoms with van der Waals surface area (Å²) in [6.07, 6.45) is 1.44. The van der Waals surface area contributed by atoms with Crippen LogP contribution in [-0.2, 0) is 4.74 Å². The minimum Gasteiger partial charge on any atom is -0.491 e. The highest BCUT2D eigenvalue weighted by molar-refractivity contribution is 5.90. The van der Waals surface area contributed by atoms with Crippen molar-refractivity contribution in [2.75, 3.05) is 11.9 Å². The topological polar surface area (TPSA) is 59.6 Å². The lowest BCUT2D eigenvalue weighted by atomic mass is 9.57. The van der Waals surface area contributed by atoms with Gasteiger partial charge in [-0.2, -0.15) is 0 Å². The minimum absolute atomic E-state index is 0.0114. The smallest absolute Gasteiger partial charge is 0.319 e. The average Bonchev–Trinajstić information content (AvgIpc) is 2.94. The zero-order valence-electron chi connectivity index (χ0n) is 15.2. The highest BCUT2D eigenvalue weighted by Gasteiger charge is 2.59. The number of rotatable bonds is 4. The summed E-state index contributed by atoms with van der Waals surface area (Å²) in [5, 5.41) is 6.10. The van der Waals surface area contributed by atoms with Crippen LogP contribution in [0.5, 0.6) is 5.75 Å². The van der Waals surface area contributed by atoms with E-state index in [1.165, 1.54) is 0 Å². The summed E-state index contributed by atoms with van der Waals surface area (Å²) >= 11 is 0. The van der Waals surface area contributed by atoms with Gasteiger partial charge in [0.1, 0.15) is 5.75 Å². The fraction of sp³-hybridized carbons (Fsp3) is 0.632. The summed E-state index contributed by atoms with van der Waals surface area (Å²) in [5.41, 5.74) is 1.78. The standard InChI is InChI=1S/C19H28N2O3/c1-11(2)24-13-6-7-15(12(3)10-13)20-18(22)21-16-14-8-9-23-17(14)19(16,4)5/h6-7,10-11,14,16-17H,8-9H2,1-5H3,(H2,20,21,22)/t14-,16-,17+/m1/s1. The van der Waals surface area contributed by atoms with Gasteiger partial charge in [0.15, 0.2) is 0 Å². The lowest BCUT2D eigenvalue weighted by Crippen LogP contribution is -2.67. The summed E-state index contributed by atoms with van der Waals surface area (Å²) in [6, 6.07) is 5.73. The maximum atomic E-state index is 12.4. The predicted octanol–water partition coefficient (Wildman–Crippen LogP) is 3.72. The number of hydrogen-bond donors (Lipinski definition) is 2. The number of nitrogens with one attached hydrogen (secondary N) is 2. The van der Waals surface area contributed by atoms with Crippen molar-refractivity contribution in [3.05, 3.63) is 23.8 Å². The van der Waals surface area contributed by atoms with Crippen molar-refractivity contribution in [1.29, 1.82) is 0 Å². The van der Waals surface area contributed by atoms with Gasteiger partial charge in [-0.1, -0.05) is 13.8 Å². The molecule has 0 unspecified atom stereocenters. The summed E-state index contributed by atoms with van der Waals surface area (Å²) in [6.45, 7) is 11.1. The molecule has 5 nitrogen and oxygen atoms in total. The van der Waals surface area contributed by atoms with Gasteiger partial charge in [0.2, 0.25) is 0 Å². The monoisotopic (exact) mass is 332 g/mol. The lowest BCUT2D eigenvalue weighted by Gasteiger charge is -2.54. The second-order valence-corrected chi connectivity index (χ2v) is 7.78. The van der Waals surface area contributed by atoms with Crippen LogP contribution in [0.25, 0.3) is 0 Å². The van der Waals surface area contributed by atoms with Gasteiger partial charge in [-0.3, -0.25) is 0 Å². The number of aryl methyl sites for hydroxylation is 1. The SMILES string of the molecule is Cc1cc(OC(C)C)ccc1NC(=O)N[C@@H]1[C@H]2CCO[C@@H]2C1(C)C. The van der Waals surface area contributed by atoms with Gasteiger partial charge in [0.05, 0.1) is 12.2 Å². The van der Waals surface area contributed by atoms with Gasteiger partial charge in [-0.25, -0.2) is 4.79 Å². The van der Waals surface area contributed by atoms with E-state index in [4.69, 9.17) is 9.47 Å². The highest BCUT2D eigenvalue weighted by atomic mass is 16.5. The van der Waals surface area contributed by atoms with Crippen LogP contribution in [-0.4, -0.2) is 30.9 Å². The first-order valence-corrected chi connectivity index (χ1v) is 8.75. The zero-order valence-corrected chi connectivity index (χ0v) is 15.2. The minimum atomic E-state index is -0.154. The normalized spacial score (nSPS) is 27.3. The van der Waals surface area contributed by atoms with Crippen molar-refractivity contribution in [2.24, 2.45) is 11.3 Å². The Balaban J connectivity index is 1.61. The third-order valence-electron chi connectivity index (χ3n) is 5.20. The van der Waals surface area contributed by atoms with Crippen LogP contribution in [0, 0.1) is 18.3 Å². The molecule has 3 atom stereocenters. The first kappa shape index (κ1) is 17.1. The molecular weight excluding hydrogens is 304 g/mol. The van der Waals surface area contributed by atoms with Gasteiger partial charge in [0, 0.05) is 29.7 Å². The van der Waals surface area contributed by atoms with E-state index in [0.717, 1.165) is 30.0 Å². The number of fused-ring (bicyclic) bond motifs is 1. The van der Waals surface area contributed by atoms with Gasteiger partial charge in [-0.15, -0.1) is 0 Å². The number of hydrogen-bond acceptors (Lipinski definition) is 3. The molecule has 2 N–H and O–H groups in total. The van der Waals surface area contributed by atoms with E-state index in [1.807, 2.05) is 39.0 Å². The number of amides is 2. The molecule has 5 heteroatoms. The second kappa shape index (κ2) is 6.28. The van der Waals surface area contributed by atoms with Crippen LogP contribution in [0.2, 0.25) is 0 Å². The molecule has 2 aliphatic rings. The third kappa shape index (κ3) is 3.09. The van der Waals surface area contributed by atoms with E-state index < -0.39 is 0 Å². The molecule has 2 fully saturated rings. The third-order valence-corrected chi connectivity index (χ3v) is 5.20. The van der Waals surface area contributed by atoms with E-state index in [-0.39, 0.29) is 29.7 Å². The molecule has 1 aromatic rings. The molecule has 1 aliphatic carbocycles. The molecule has 1 saturated heterocycles. The van der Waals surface area contributed by atoms with Crippen molar-refractivity contribution in [1.82, 2.24) is 5.32 Å². The molecule has 1 heterocycles. The number of anilines is 1. The lowest BCUT2D eigenvalue weighted by molar-refractivity contribution is -0.107. The van der Waals surface area contributed by atoms with Crippen molar-refractivity contribution in [3.63, 3.8) is 0 Å². The first-order chi connectivity index (χ1) is 11.3. The zero-order chi connectivity index (χ0) is 17.5. The van der Waals surface area contributed by atoms with Crippen LogP contribution in [0.15, 0.2) is 18.2 Å². The van der Waals surface area contributed by atoms with Gasteiger partial charge in [-0.05, 0) is 51.0 Å². The Morgan fingerprint density at radius 1 is 1.38 bits per heavy atom. The molecule has 1 aromatic carbocycles. The Kier molecular flexibility index (Phi) is 4.47. The number of ether oxygens (including phenoxy) is 2. The quantitative estimate of drug-likeness (QED) is 0.883. The highest BCUT2D eigenvalue weighted by Crippen LogP contribution is 2.52. The number of benzene rings is 1. The average molecular weight is 332 g/mol. The Labute approximate surface area is 144 Å². The van der Waals surface area contributed by atoms with Crippen molar-refractivity contribution in [3.8, 4) is 5.75 Å². The molecule has 1 aliphatic heterocycles. The molecule has 132 valence electrons. The number of carbonyl (C=O) groups excluding carboxylic acids is 1. The van der Waals surface area contributed by atoms with E-state index in [2.05, 4.69) is 24.5 Å². The van der Waals surface area contributed by atoms with E-state index >= 15 is 0 Å². The fourth-order valence-corrected chi connectivity index (χ4v) is 4.04. The van der Waals surface area contributed by atoms with Crippen LogP contribution in [0.1, 0.15) is 39.7 Å². The number of carbonyl (C=O) groups is 1. The molecule has 1 saturated carbocycles. The summed E-state index contributed by atoms with van der Waals surface area (Å²) in [4.78, 5) is 12.4. The Morgan fingerprint density at radius 3 is 2.79 bits per heavy atom. The predicted molar refractivity (Wildman–Crippen MR) is 94.5 cm³/mol. The fourth-order valence-electron chi connectivity index (χ4n) is 4.04. The Morgan fingerprint density at radius 2 is 2.12 bits per heavy atom. The van der Waals surface area contributed by atoms with Gasteiger partial charge < -0.3 is 20.1 Å². The summed E-state index contributed by atoms with van der Waals surface area (Å²) in [5.74, 6) is 1.26. The molecule has 24 heavy (non-hydrogen) atoms. The second-order valence-electron chi connectivity index (χ2n) is 7.78. The Hall–Kier alpha value is -1.75. The van der Waals surface area contributed by atoms with Gasteiger partial charge in [0.25, 0.3) is 0 Å². The van der Waals surface area contributed by atoms with E-state index in [1.54, 1.807) is 0 Å². The molecular formula is C19H28N2O3. The molecule has 0 spiro atoms. The summed E-state index contributed by atoms with van der Waals surface area (Å²) < 4.78 is 11.5. The Bertz CT molecular complexity index is 627. The largest absolute Gasteiger partial charge is 0.491 e. The molecule has 2 amide bonds.